The van der Waals surface area contributed by atoms with Gasteiger partial charge in [-0.2, -0.15) is 13.6 Å². The zero-order valence-electron chi connectivity index (χ0n) is 15.8. The maximum absolute atomic E-state index is 14.7. The summed E-state index contributed by atoms with van der Waals surface area (Å²) in [7, 11) is -15.5. The number of aliphatic hydroxyl groups is 1. The van der Waals surface area contributed by atoms with E-state index in [9.17, 15) is 32.9 Å². The number of rotatable bonds is 10. The zero-order valence-corrected chi connectivity index (χ0v) is 19.2. The maximum Gasteiger partial charge on any atom is 0.490 e. The Morgan fingerprint density at radius 1 is 1.28 bits per heavy atom. The number of hydrogen-bond acceptors (Lipinski definition) is 11. The van der Waals surface area contributed by atoms with Crippen LogP contribution in [0.1, 0.15) is 6.23 Å². The highest BCUT2D eigenvalue weighted by atomic mass is 35.5. The molecule has 0 spiro atoms. The van der Waals surface area contributed by atoms with Crippen molar-refractivity contribution in [3.05, 3.63) is 22.7 Å². The fourth-order valence-electron chi connectivity index (χ4n) is 2.54. The molecule has 184 valence electrons. The van der Waals surface area contributed by atoms with Crippen molar-refractivity contribution in [2.24, 2.45) is 0 Å². The molecule has 1 fully saturated rings. The zero-order chi connectivity index (χ0) is 24.5. The van der Waals surface area contributed by atoms with Gasteiger partial charge in [0.25, 0.3) is 0 Å². The predicted molar refractivity (Wildman–Crippen MR) is 102 cm³/mol. The molecule has 1 aromatic heterocycles. The van der Waals surface area contributed by atoms with Gasteiger partial charge in [0, 0.05) is 13.2 Å². The molecule has 1 aliphatic heterocycles. The van der Waals surface area contributed by atoms with E-state index in [4.69, 9.17) is 31.0 Å². The van der Waals surface area contributed by atoms with Crippen LogP contribution in [0.3, 0.4) is 0 Å². The maximum atomic E-state index is 14.7. The normalized spacial score (nSPS) is 29.9. The fourth-order valence-corrected chi connectivity index (χ4v) is 5.91. The summed E-state index contributed by atoms with van der Waals surface area (Å²) >= 11 is 5.73. The van der Waals surface area contributed by atoms with E-state index in [1.165, 1.54) is 13.1 Å². The monoisotopic (exact) mass is 547 g/mol. The smallest absolute Gasteiger partial charge is 0.387 e. The Kier molecular flexibility index (Phi) is 8.45. The van der Waals surface area contributed by atoms with Crippen LogP contribution in [0.15, 0.2) is 17.1 Å². The summed E-state index contributed by atoms with van der Waals surface area (Å²) in [6, 6.07) is 1.29. The van der Waals surface area contributed by atoms with Crippen molar-refractivity contribution in [1.29, 1.82) is 0 Å². The topological polar surface area (TPSA) is 236 Å². The number of nitrogens with one attached hydrogen (secondary N) is 1. The van der Waals surface area contributed by atoms with Gasteiger partial charge in [-0.05, 0) is 6.07 Å². The van der Waals surface area contributed by atoms with Crippen molar-refractivity contribution >= 4 is 40.9 Å². The van der Waals surface area contributed by atoms with Gasteiger partial charge in [-0.15, -0.1) is 11.6 Å². The van der Waals surface area contributed by atoms with E-state index in [0.717, 1.165) is 6.20 Å². The van der Waals surface area contributed by atoms with Crippen LogP contribution in [-0.2, 0) is 31.6 Å². The molecule has 0 amide bonds. The summed E-state index contributed by atoms with van der Waals surface area (Å²) in [6.45, 7) is -1.23. The fraction of sp³-hybridized carbons (Fsp3) is 0.636. The summed E-state index contributed by atoms with van der Waals surface area (Å²) < 4.78 is 66.1. The minimum absolute atomic E-state index is 0.150. The van der Waals surface area contributed by atoms with E-state index >= 15 is 0 Å². The Morgan fingerprint density at radius 3 is 2.41 bits per heavy atom. The molecule has 0 bridgehead atoms. The number of phosphoric acid groups is 3. The average Bonchev–Trinajstić information content (AvgIpc) is 2.89. The second-order valence-corrected chi connectivity index (χ2v) is 10.9. The van der Waals surface area contributed by atoms with Crippen molar-refractivity contribution in [2.45, 2.75) is 24.1 Å². The molecule has 0 aromatic carbocycles. The van der Waals surface area contributed by atoms with E-state index in [-0.39, 0.29) is 5.82 Å². The summed E-state index contributed by atoms with van der Waals surface area (Å²) in [6.07, 6.45) is -5.14. The Balaban J connectivity index is 2.21. The summed E-state index contributed by atoms with van der Waals surface area (Å²) in [5.41, 5.74) is -3.24. The average molecular weight is 548 g/mol. The summed E-state index contributed by atoms with van der Waals surface area (Å²) in [4.78, 5) is 51.4. The number of nitrogens with zero attached hydrogens (tertiary/aromatic N) is 2. The lowest BCUT2D eigenvalue weighted by Crippen LogP contribution is -2.47. The lowest BCUT2D eigenvalue weighted by atomic mass is 9.99. The van der Waals surface area contributed by atoms with Crippen molar-refractivity contribution in [3.63, 3.8) is 0 Å². The second kappa shape index (κ2) is 9.84. The SMILES string of the molecule is CNc1ccn([C@@H]2O[C@](CCl)(COP(=O)(O)OP(=O)(O)OP(=O)(O)O)[C@@H](O)[C@H]2F)c(=O)n1. The largest absolute Gasteiger partial charge is 0.490 e. The van der Waals surface area contributed by atoms with Crippen molar-refractivity contribution in [2.75, 3.05) is 24.9 Å². The number of hydrogen-bond donors (Lipinski definition) is 6. The minimum Gasteiger partial charge on any atom is -0.387 e. The molecule has 2 unspecified atom stereocenters. The van der Waals surface area contributed by atoms with Gasteiger partial charge < -0.3 is 34.7 Å². The molecule has 21 heteroatoms. The number of anilines is 1. The molecule has 1 aliphatic rings. The highest BCUT2D eigenvalue weighted by Gasteiger charge is 2.57. The minimum atomic E-state index is -5.80. The quantitative estimate of drug-likeness (QED) is 0.165. The Bertz CT molecular complexity index is 1040. The van der Waals surface area contributed by atoms with Crippen LogP contribution in [0.4, 0.5) is 10.2 Å². The van der Waals surface area contributed by atoms with E-state index in [2.05, 4.69) is 23.4 Å². The molecule has 0 radical (unpaired) electrons. The molecule has 6 atom stereocenters. The van der Waals surface area contributed by atoms with Gasteiger partial charge in [0.2, 0.25) is 0 Å². The number of aliphatic hydroxyl groups excluding tert-OH is 1. The second-order valence-electron chi connectivity index (χ2n) is 6.21. The van der Waals surface area contributed by atoms with Gasteiger partial charge in [0.05, 0.1) is 12.5 Å². The molecule has 0 aliphatic carbocycles. The van der Waals surface area contributed by atoms with Gasteiger partial charge in [0.15, 0.2) is 12.4 Å². The van der Waals surface area contributed by atoms with Gasteiger partial charge >= 0.3 is 29.2 Å². The number of phosphoric ester groups is 1. The predicted octanol–water partition coefficient (Wildman–Crippen LogP) is -0.166. The van der Waals surface area contributed by atoms with Crippen LogP contribution in [0.2, 0.25) is 0 Å². The number of alkyl halides is 2. The van der Waals surface area contributed by atoms with Crippen molar-refractivity contribution in [3.8, 4) is 0 Å². The third-order valence-electron chi connectivity index (χ3n) is 3.94. The van der Waals surface area contributed by atoms with E-state index in [1.54, 1.807) is 0 Å². The number of ether oxygens (including phenoxy) is 1. The highest BCUT2D eigenvalue weighted by Crippen LogP contribution is 2.66. The van der Waals surface area contributed by atoms with Crippen LogP contribution in [0, 0.1) is 0 Å². The molecular formula is C11H18ClFN3O13P3. The molecule has 2 rings (SSSR count). The number of halogens is 2. The van der Waals surface area contributed by atoms with Gasteiger partial charge in [-0.1, -0.05) is 0 Å². The Morgan fingerprint density at radius 2 is 1.91 bits per heavy atom. The van der Waals surface area contributed by atoms with E-state index in [1.807, 2.05) is 0 Å². The molecule has 1 saturated heterocycles. The summed E-state index contributed by atoms with van der Waals surface area (Å²) in [5.74, 6) is -0.617. The first kappa shape index (κ1) is 27.5. The lowest BCUT2D eigenvalue weighted by Gasteiger charge is -2.29. The molecular weight excluding hydrogens is 530 g/mol. The van der Waals surface area contributed by atoms with Gasteiger partial charge in [0.1, 0.15) is 17.5 Å². The standard InChI is InChI=1S/C11H18ClFN3O13P3/c1-14-6-2-3-16(10(18)15-6)9-7(13)8(17)11(4-12,27-9)5-26-31(22,23)29-32(24,25)28-30(19,20)21/h2-3,7-9,17H,4-5H2,1H3,(H,22,23)(H,24,25)(H,14,15,18)(H2,19,20,21)/t7-,8+,9-,11-/m1/s1. The first-order valence-corrected chi connectivity index (χ1v) is 13.2. The third kappa shape index (κ3) is 6.64. The first-order chi connectivity index (χ1) is 14.5. The molecule has 6 N–H and O–H groups in total. The molecule has 32 heavy (non-hydrogen) atoms. The third-order valence-corrected chi connectivity index (χ3v) is 8.18. The molecule has 2 heterocycles. The van der Waals surface area contributed by atoms with Gasteiger partial charge in [-0.25, -0.2) is 22.9 Å². The molecule has 1 aromatic rings. The van der Waals surface area contributed by atoms with Crippen LogP contribution in [0.5, 0.6) is 0 Å². The van der Waals surface area contributed by atoms with Crippen LogP contribution < -0.4 is 11.0 Å². The van der Waals surface area contributed by atoms with Gasteiger partial charge in [-0.3, -0.25) is 9.09 Å². The first-order valence-electron chi connectivity index (χ1n) is 8.16. The van der Waals surface area contributed by atoms with E-state index in [0.29, 0.717) is 4.57 Å². The Hall–Kier alpha value is -0.770. The van der Waals surface area contributed by atoms with E-state index < -0.39 is 65.7 Å². The number of aromatic nitrogens is 2. The van der Waals surface area contributed by atoms with Crippen LogP contribution in [-0.4, -0.2) is 71.6 Å². The van der Waals surface area contributed by atoms with Crippen LogP contribution >= 0.6 is 35.1 Å². The lowest BCUT2D eigenvalue weighted by molar-refractivity contribution is -0.113. The van der Waals surface area contributed by atoms with Crippen LogP contribution in [0.25, 0.3) is 0 Å². The Labute approximate surface area is 183 Å². The van der Waals surface area contributed by atoms with Crippen molar-refractivity contribution in [1.82, 2.24) is 9.55 Å². The highest BCUT2D eigenvalue weighted by molar-refractivity contribution is 7.66. The summed E-state index contributed by atoms with van der Waals surface area (Å²) in [5, 5.41) is 12.8. The molecule has 16 nitrogen and oxygen atoms in total. The van der Waals surface area contributed by atoms with Crippen molar-refractivity contribution < 1.29 is 60.6 Å². The molecule has 0 saturated carbocycles.